The van der Waals surface area contributed by atoms with Crippen molar-refractivity contribution in [2.75, 3.05) is 13.2 Å². The highest BCUT2D eigenvalue weighted by molar-refractivity contribution is 6.07. The first-order valence-corrected chi connectivity index (χ1v) is 10.8. The predicted molar refractivity (Wildman–Crippen MR) is 123 cm³/mol. The molecule has 0 aliphatic carbocycles. The highest BCUT2D eigenvalue weighted by Gasteiger charge is 2.62. The number of cyclic esters (lactones) is 1. The highest BCUT2D eigenvalue weighted by Crippen LogP contribution is 2.42. The molecule has 5 rings (SSSR count). The smallest absolute Gasteiger partial charge is 0.422 e. The van der Waals surface area contributed by atoms with Gasteiger partial charge in [-0.25, -0.2) is 14.5 Å². The van der Waals surface area contributed by atoms with E-state index < -0.39 is 29.7 Å². The van der Waals surface area contributed by atoms with Crippen LogP contribution in [0.15, 0.2) is 91.3 Å². The van der Waals surface area contributed by atoms with E-state index in [2.05, 4.69) is 4.98 Å². The Bertz CT molecular complexity index is 1230. The topological polar surface area (TPSA) is 89.0 Å². The second kappa shape index (κ2) is 8.82. The lowest BCUT2D eigenvalue weighted by Gasteiger charge is -2.50. The molecule has 170 valence electrons. The van der Waals surface area contributed by atoms with Crippen molar-refractivity contribution in [1.82, 2.24) is 14.8 Å². The van der Waals surface area contributed by atoms with Gasteiger partial charge < -0.3 is 9.47 Å². The van der Waals surface area contributed by atoms with Crippen LogP contribution in [0.1, 0.15) is 17.2 Å². The number of likely N-dealkylation sites (tertiary alicyclic amines) is 1. The number of aromatic nitrogens is 1. The minimum absolute atomic E-state index is 0.0628. The minimum atomic E-state index is -1.40. The molecule has 0 spiro atoms. The standard InChI is InChI=1S/C26H21N3O5/c30-23-26(14-13-19-8-7-15-27-16-19,18-28(23)24(31)34-21-11-5-2-6-12-21)29-22(17-33-25(29)32)20-9-3-1-4-10-20/h1-16,22H,17-18H2/t22-,26?/m1/s1. The number of benzene rings is 2. The summed E-state index contributed by atoms with van der Waals surface area (Å²) in [5.74, 6) is -0.236. The van der Waals surface area contributed by atoms with Crippen molar-refractivity contribution in [3.8, 4) is 5.75 Å². The van der Waals surface area contributed by atoms with E-state index in [9.17, 15) is 14.4 Å². The van der Waals surface area contributed by atoms with Crippen LogP contribution in [0, 0.1) is 0 Å². The summed E-state index contributed by atoms with van der Waals surface area (Å²) in [6, 6.07) is 21.0. The highest BCUT2D eigenvalue weighted by atomic mass is 16.6. The van der Waals surface area contributed by atoms with Crippen molar-refractivity contribution >= 4 is 24.2 Å². The molecule has 0 radical (unpaired) electrons. The van der Waals surface area contributed by atoms with Crippen molar-refractivity contribution < 1.29 is 23.9 Å². The minimum Gasteiger partial charge on any atom is -0.447 e. The lowest BCUT2D eigenvalue weighted by Crippen LogP contribution is -2.75. The van der Waals surface area contributed by atoms with Crippen LogP contribution in [0.5, 0.6) is 5.75 Å². The molecule has 2 fully saturated rings. The van der Waals surface area contributed by atoms with Gasteiger partial charge in [-0.15, -0.1) is 0 Å². The van der Waals surface area contributed by atoms with Crippen molar-refractivity contribution in [3.05, 3.63) is 102 Å². The van der Waals surface area contributed by atoms with Gasteiger partial charge in [-0.2, -0.15) is 0 Å². The van der Waals surface area contributed by atoms with Crippen LogP contribution in [0.3, 0.4) is 0 Å². The van der Waals surface area contributed by atoms with E-state index in [1.807, 2.05) is 36.4 Å². The Morgan fingerprint density at radius 3 is 2.44 bits per heavy atom. The Morgan fingerprint density at radius 1 is 1.03 bits per heavy atom. The molecule has 2 aromatic carbocycles. The van der Waals surface area contributed by atoms with E-state index in [4.69, 9.17) is 9.47 Å². The van der Waals surface area contributed by atoms with Gasteiger partial charge in [0.2, 0.25) is 0 Å². The fourth-order valence-corrected chi connectivity index (χ4v) is 4.19. The molecule has 0 N–H and O–H groups in total. The quantitative estimate of drug-likeness (QED) is 0.539. The van der Waals surface area contributed by atoms with Gasteiger partial charge in [-0.1, -0.05) is 60.7 Å². The van der Waals surface area contributed by atoms with Gasteiger partial charge in [0.25, 0.3) is 5.91 Å². The summed E-state index contributed by atoms with van der Waals surface area (Å²) >= 11 is 0. The van der Waals surface area contributed by atoms with Gasteiger partial charge >= 0.3 is 12.2 Å². The van der Waals surface area contributed by atoms with Crippen LogP contribution in [0.4, 0.5) is 9.59 Å². The third-order valence-corrected chi connectivity index (χ3v) is 5.91. The number of hydrogen-bond donors (Lipinski definition) is 0. The fourth-order valence-electron chi connectivity index (χ4n) is 4.19. The number of carbonyl (C=O) groups is 3. The van der Waals surface area contributed by atoms with E-state index in [1.165, 1.54) is 4.90 Å². The SMILES string of the molecule is O=C(Oc1ccccc1)N1CC(C=Cc2cccnc2)(N2C(=O)OC[C@@H]2c2ccccc2)C1=O. The second-order valence-corrected chi connectivity index (χ2v) is 7.99. The zero-order valence-electron chi connectivity index (χ0n) is 18.1. The Balaban J connectivity index is 1.48. The molecule has 2 aliphatic heterocycles. The molecule has 0 bridgehead atoms. The lowest BCUT2D eigenvalue weighted by molar-refractivity contribution is -0.152. The maximum Gasteiger partial charge on any atom is 0.422 e. The molecule has 1 unspecified atom stereocenters. The van der Waals surface area contributed by atoms with Gasteiger partial charge in [0.15, 0.2) is 5.54 Å². The summed E-state index contributed by atoms with van der Waals surface area (Å²) in [6.07, 6.45) is 5.23. The molecule has 3 aromatic rings. The van der Waals surface area contributed by atoms with Crippen molar-refractivity contribution in [3.63, 3.8) is 0 Å². The summed E-state index contributed by atoms with van der Waals surface area (Å²) in [5.41, 5.74) is 0.184. The summed E-state index contributed by atoms with van der Waals surface area (Å²) in [4.78, 5) is 45.7. The number of carbonyl (C=O) groups excluding carboxylic acids is 3. The Labute approximate surface area is 196 Å². The van der Waals surface area contributed by atoms with Gasteiger partial charge in [0, 0.05) is 12.4 Å². The van der Waals surface area contributed by atoms with Crippen LogP contribution in [-0.4, -0.2) is 51.6 Å². The number of nitrogens with zero attached hydrogens (tertiary/aromatic N) is 3. The molecular formula is C26H21N3O5. The normalized spacial score (nSPS) is 21.9. The largest absolute Gasteiger partial charge is 0.447 e. The molecule has 3 heterocycles. The average molecular weight is 455 g/mol. The molecule has 1 aromatic heterocycles. The summed E-state index contributed by atoms with van der Waals surface area (Å²) in [7, 11) is 0. The second-order valence-electron chi connectivity index (χ2n) is 7.99. The number of hydrogen-bond acceptors (Lipinski definition) is 6. The monoisotopic (exact) mass is 455 g/mol. The van der Waals surface area contributed by atoms with E-state index >= 15 is 0 Å². The zero-order valence-corrected chi connectivity index (χ0v) is 18.1. The van der Waals surface area contributed by atoms with Crippen molar-refractivity contribution in [1.29, 1.82) is 0 Å². The maximum absolute atomic E-state index is 13.6. The first-order chi connectivity index (χ1) is 16.6. The summed E-state index contributed by atoms with van der Waals surface area (Å²) in [5, 5.41) is 0. The number of amides is 3. The number of rotatable bonds is 5. The fraction of sp³-hybridized carbons (Fsp3) is 0.154. The van der Waals surface area contributed by atoms with Gasteiger partial charge in [0.05, 0.1) is 12.6 Å². The summed E-state index contributed by atoms with van der Waals surface area (Å²) in [6.45, 7) is 0.0414. The first-order valence-electron chi connectivity index (χ1n) is 10.8. The predicted octanol–water partition coefficient (Wildman–Crippen LogP) is 4.07. The van der Waals surface area contributed by atoms with Crippen LogP contribution >= 0.6 is 0 Å². The van der Waals surface area contributed by atoms with Gasteiger partial charge in [-0.05, 0) is 35.4 Å². The molecule has 8 heteroatoms. The van der Waals surface area contributed by atoms with E-state index in [1.54, 1.807) is 60.9 Å². The zero-order chi connectivity index (χ0) is 23.5. The van der Waals surface area contributed by atoms with Crippen LogP contribution in [0.25, 0.3) is 6.08 Å². The molecule has 8 nitrogen and oxygen atoms in total. The third-order valence-electron chi connectivity index (χ3n) is 5.91. The van der Waals surface area contributed by atoms with Crippen LogP contribution < -0.4 is 4.74 Å². The Hall–Kier alpha value is -4.46. The number of β-lactam (4-membered cyclic amide) rings is 1. The molecule has 2 aliphatic rings. The van der Waals surface area contributed by atoms with Crippen molar-refractivity contribution in [2.45, 2.75) is 11.6 Å². The molecule has 34 heavy (non-hydrogen) atoms. The molecule has 3 amide bonds. The number of ether oxygens (including phenoxy) is 2. The van der Waals surface area contributed by atoms with Crippen LogP contribution in [0.2, 0.25) is 0 Å². The molecular weight excluding hydrogens is 434 g/mol. The van der Waals surface area contributed by atoms with Gasteiger partial charge in [0.1, 0.15) is 12.4 Å². The van der Waals surface area contributed by atoms with E-state index in [0.29, 0.717) is 5.75 Å². The average Bonchev–Trinajstić information content (AvgIpc) is 3.26. The van der Waals surface area contributed by atoms with E-state index in [0.717, 1.165) is 16.0 Å². The number of para-hydroxylation sites is 1. The maximum atomic E-state index is 13.6. The van der Waals surface area contributed by atoms with E-state index in [-0.39, 0.29) is 13.2 Å². The van der Waals surface area contributed by atoms with Gasteiger partial charge in [-0.3, -0.25) is 14.7 Å². The Kier molecular flexibility index (Phi) is 5.55. The molecule has 0 saturated carbocycles. The number of pyridine rings is 1. The molecule has 2 atom stereocenters. The third kappa shape index (κ3) is 3.79. The van der Waals surface area contributed by atoms with Crippen LogP contribution in [-0.2, 0) is 9.53 Å². The lowest BCUT2D eigenvalue weighted by atomic mass is 9.84. The molecule has 2 saturated heterocycles. The Morgan fingerprint density at radius 2 is 1.76 bits per heavy atom. The van der Waals surface area contributed by atoms with Crippen molar-refractivity contribution in [2.24, 2.45) is 0 Å². The number of imide groups is 1. The summed E-state index contributed by atoms with van der Waals surface area (Å²) < 4.78 is 10.7. The first kappa shape index (κ1) is 21.4.